The van der Waals surface area contributed by atoms with Crippen LogP contribution >= 0.6 is 15.9 Å². The van der Waals surface area contributed by atoms with E-state index in [-0.39, 0.29) is 18.8 Å². The number of esters is 1. The van der Waals surface area contributed by atoms with Gasteiger partial charge in [-0.2, -0.15) is 0 Å². The lowest BCUT2D eigenvalue weighted by atomic mass is 10.0. The summed E-state index contributed by atoms with van der Waals surface area (Å²) in [5.74, 6) is -2.64. The number of carbonyl (C=O) groups excluding carboxylic acids is 1. The first-order valence-electron chi connectivity index (χ1n) is 10.1. The van der Waals surface area contributed by atoms with Gasteiger partial charge in [0.2, 0.25) is 0 Å². The zero-order valence-corrected chi connectivity index (χ0v) is 19.1. The highest BCUT2D eigenvalue weighted by molar-refractivity contribution is 9.10. The van der Waals surface area contributed by atoms with Gasteiger partial charge in [0.15, 0.2) is 0 Å². The van der Waals surface area contributed by atoms with E-state index in [1.165, 1.54) is 0 Å². The summed E-state index contributed by atoms with van der Waals surface area (Å²) in [6.45, 7) is 5.82. The van der Waals surface area contributed by atoms with Crippen LogP contribution in [-0.4, -0.2) is 17.5 Å². The monoisotopic (exact) mass is 480 g/mol. The minimum Gasteiger partial charge on any atom is -0.489 e. The van der Waals surface area contributed by atoms with Gasteiger partial charge in [-0.05, 0) is 62.9 Å². The quantitative estimate of drug-likeness (QED) is 0.404. The molecule has 0 spiro atoms. The van der Waals surface area contributed by atoms with E-state index in [1.54, 1.807) is 0 Å². The zero-order valence-electron chi connectivity index (χ0n) is 17.5. The van der Waals surface area contributed by atoms with Gasteiger partial charge in [-0.15, -0.1) is 0 Å². The van der Waals surface area contributed by atoms with Gasteiger partial charge in [-0.3, -0.25) is 4.79 Å². The summed E-state index contributed by atoms with van der Waals surface area (Å²) in [5.41, 5.74) is 2.17. The fourth-order valence-corrected chi connectivity index (χ4v) is 3.94. The molecule has 1 aliphatic carbocycles. The van der Waals surface area contributed by atoms with Gasteiger partial charge in [0.25, 0.3) is 5.92 Å². The average molecular weight is 481 g/mol. The smallest absolute Gasteiger partial charge is 0.310 e. The minimum absolute atomic E-state index is 0.00536. The van der Waals surface area contributed by atoms with E-state index < -0.39 is 17.4 Å². The maximum Gasteiger partial charge on any atom is 0.310 e. The molecule has 0 saturated heterocycles. The molecule has 1 aliphatic rings. The molecule has 0 aromatic heterocycles. The predicted octanol–water partition coefficient (Wildman–Crippen LogP) is 6.50. The van der Waals surface area contributed by atoms with Gasteiger partial charge in [-0.25, -0.2) is 8.78 Å². The number of alkyl halides is 2. The molecular formula is C24H27BrF2O3. The van der Waals surface area contributed by atoms with Crippen LogP contribution in [0, 0.1) is 5.92 Å². The molecule has 0 aliphatic heterocycles. The van der Waals surface area contributed by atoms with Crippen molar-refractivity contribution in [2.24, 2.45) is 5.92 Å². The van der Waals surface area contributed by atoms with Crippen molar-refractivity contribution in [3.05, 3.63) is 63.6 Å². The summed E-state index contributed by atoms with van der Waals surface area (Å²) >= 11 is 3.49. The molecule has 30 heavy (non-hydrogen) atoms. The maximum atomic E-state index is 13.1. The fraction of sp³-hybridized carbons (Fsp3) is 0.458. The highest BCUT2D eigenvalue weighted by Gasteiger charge is 2.55. The Morgan fingerprint density at radius 1 is 1.17 bits per heavy atom. The van der Waals surface area contributed by atoms with Gasteiger partial charge < -0.3 is 9.47 Å². The van der Waals surface area contributed by atoms with Gasteiger partial charge in [-0.1, -0.05) is 40.2 Å². The van der Waals surface area contributed by atoms with Crippen LogP contribution in [0.1, 0.15) is 50.3 Å². The number of halogens is 3. The topological polar surface area (TPSA) is 35.5 Å². The second kappa shape index (κ2) is 9.04. The molecule has 0 bridgehead atoms. The van der Waals surface area contributed by atoms with Crippen LogP contribution in [-0.2, 0) is 29.0 Å². The summed E-state index contributed by atoms with van der Waals surface area (Å²) in [6, 6.07) is 13.3. The first-order chi connectivity index (χ1) is 14.0. The third-order valence-corrected chi connectivity index (χ3v) is 5.33. The Balaban J connectivity index is 1.62. The van der Waals surface area contributed by atoms with E-state index in [4.69, 9.17) is 9.47 Å². The molecule has 3 nitrogen and oxygen atoms in total. The van der Waals surface area contributed by atoms with Crippen LogP contribution in [0.5, 0.6) is 5.75 Å². The van der Waals surface area contributed by atoms with Crippen LogP contribution in [0.2, 0.25) is 0 Å². The number of hydrogen-bond donors (Lipinski definition) is 0. The molecule has 2 aromatic carbocycles. The maximum absolute atomic E-state index is 13.1. The van der Waals surface area contributed by atoms with Crippen LogP contribution in [0.3, 0.4) is 0 Å². The molecule has 0 radical (unpaired) electrons. The molecule has 0 heterocycles. The van der Waals surface area contributed by atoms with Crippen LogP contribution in [0.15, 0.2) is 46.9 Å². The SMILES string of the molecule is CC(C)(C)OC(=O)Cc1ccccc1OCc1cc(Br)cc(CCC2CC2(F)F)c1. The predicted molar refractivity (Wildman–Crippen MR) is 116 cm³/mol. The summed E-state index contributed by atoms with van der Waals surface area (Å²) < 4.78 is 38.5. The highest BCUT2D eigenvalue weighted by Crippen LogP contribution is 2.51. The van der Waals surface area contributed by atoms with Crippen LogP contribution in [0.25, 0.3) is 0 Å². The fourth-order valence-electron chi connectivity index (χ4n) is 3.35. The highest BCUT2D eigenvalue weighted by atomic mass is 79.9. The Kier molecular flexibility index (Phi) is 6.85. The largest absolute Gasteiger partial charge is 0.489 e. The number of hydrogen-bond acceptors (Lipinski definition) is 3. The van der Waals surface area contributed by atoms with Crippen molar-refractivity contribution in [2.75, 3.05) is 0 Å². The lowest BCUT2D eigenvalue weighted by Gasteiger charge is -2.20. The summed E-state index contributed by atoms with van der Waals surface area (Å²) in [7, 11) is 0. The van der Waals surface area contributed by atoms with E-state index in [0.717, 1.165) is 21.2 Å². The van der Waals surface area contributed by atoms with Crippen LogP contribution in [0.4, 0.5) is 8.78 Å². The second-order valence-corrected chi connectivity index (χ2v) is 9.74. The lowest BCUT2D eigenvalue weighted by molar-refractivity contribution is -0.153. The van der Waals surface area contributed by atoms with Gasteiger partial charge in [0.05, 0.1) is 6.42 Å². The third-order valence-electron chi connectivity index (χ3n) is 4.88. The summed E-state index contributed by atoms with van der Waals surface area (Å²) in [4.78, 5) is 12.2. The van der Waals surface area contributed by atoms with E-state index in [0.29, 0.717) is 25.2 Å². The van der Waals surface area contributed by atoms with Crippen LogP contribution < -0.4 is 4.74 Å². The first-order valence-corrected chi connectivity index (χ1v) is 10.9. The number of rotatable bonds is 8. The number of carbonyl (C=O) groups is 1. The number of para-hydroxylation sites is 1. The van der Waals surface area contributed by atoms with Crippen molar-refractivity contribution in [3.8, 4) is 5.75 Å². The van der Waals surface area contributed by atoms with Crippen molar-refractivity contribution in [2.45, 2.75) is 64.6 Å². The Labute approximate surface area is 184 Å². The molecule has 1 unspecified atom stereocenters. The molecule has 162 valence electrons. The van der Waals surface area contributed by atoms with Gasteiger partial charge >= 0.3 is 5.97 Å². The van der Waals surface area contributed by atoms with Crippen molar-refractivity contribution in [3.63, 3.8) is 0 Å². The van der Waals surface area contributed by atoms with Crippen molar-refractivity contribution in [1.82, 2.24) is 0 Å². The minimum atomic E-state index is -2.48. The molecule has 1 saturated carbocycles. The molecule has 1 atom stereocenters. The summed E-state index contributed by atoms with van der Waals surface area (Å²) in [5, 5.41) is 0. The molecule has 1 fully saturated rings. The van der Waals surface area contributed by atoms with Crippen molar-refractivity contribution < 1.29 is 23.0 Å². The van der Waals surface area contributed by atoms with E-state index in [9.17, 15) is 13.6 Å². The number of benzene rings is 2. The Morgan fingerprint density at radius 3 is 2.50 bits per heavy atom. The van der Waals surface area contributed by atoms with Crippen molar-refractivity contribution in [1.29, 1.82) is 0 Å². The molecule has 3 rings (SSSR count). The molecule has 2 aromatic rings. The van der Waals surface area contributed by atoms with E-state index in [2.05, 4.69) is 15.9 Å². The third kappa shape index (κ3) is 6.79. The Morgan fingerprint density at radius 2 is 1.83 bits per heavy atom. The van der Waals surface area contributed by atoms with Gasteiger partial charge in [0.1, 0.15) is 18.0 Å². The standard InChI is InChI=1S/C24H27BrF2O3/c1-23(2,3)30-22(28)13-18-6-4-5-7-21(18)29-15-17-10-16(11-20(25)12-17)8-9-19-14-24(19,26)27/h4-7,10-12,19H,8-9,13-15H2,1-3H3. The number of ether oxygens (including phenoxy) is 2. The van der Waals surface area contributed by atoms with E-state index in [1.807, 2.05) is 63.2 Å². The molecule has 0 amide bonds. The Bertz CT molecular complexity index is 906. The van der Waals surface area contributed by atoms with E-state index >= 15 is 0 Å². The summed E-state index contributed by atoms with van der Waals surface area (Å²) in [6.07, 6.45) is 1.24. The zero-order chi connectivity index (χ0) is 21.9. The van der Waals surface area contributed by atoms with Gasteiger partial charge in [0, 0.05) is 22.4 Å². The molecule has 6 heteroatoms. The second-order valence-electron chi connectivity index (χ2n) is 8.83. The lowest BCUT2D eigenvalue weighted by Crippen LogP contribution is -2.25. The first kappa shape index (κ1) is 22.7. The number of aryl methyl sites for hydroxylation is 1. The molecule has 0 N–H and O–H groups in total. The normalized spacial score (nSPS) is 17.5. The Hall–Kier alpha value is -1.95. The van der Waals surface area contributed by atoms with Crippen molar-refractivity contribution >= 4 is 21.9 Å². The molecular weight excluding hydrogens is 454 g/mol. The average Bonchev–Trinajstić information content (AvgIpc) is 3.24.